The summed E-state index contributed by atoms with van der Waals surface area (Å²) < 4.78 is 1.72. The van der Waals surface area contributed by atoms with Crippen LogP contribution in [-0.2, 0) is 0 Å². The number of nitriles is 1. The van der Waals surface area contributed by atoms with Gasteiger partial charge in [0.05, 0.1) is 5.56 Å². The van der Waals surface area contributed by atoms with Crippen LogP contribution in [0.4, 0.5) is 0 Å². The number of hydrogen-bond donors (Lipinski definition) is 0. The Morgan fingerprint density at radius 1 is 1.62 bits per heavy atom. The van der Waals surface area contributed by atoms with Crippen molar-refractivity contribution in [3.8, 4) is 6.07 Å². The van der Waals surface area contributed by atoms with E-state index >= 15 is 0 Å². The van der Waals surface area contributed by atoms with Crippen molar-refractivity contribution in [2.24, 2.45) is 0 Å². The van der Waals surface area contributed by atoms with Gasteiger partial charge >= 0.3 is 0 Å². The van der Waals surface area contributed by atoms with Gasteiger partial charge < -0.3 is 5.21 Å². The quantitative estimate of drug-likeness (QED) is 0.469. The second-order valence-corrected chi connectivity index (χ2v) is 3.61. The number of aromatic nitrogens is 1. The summed E-state index contributed by atoms with van der Waals surface area (Å²) in [6, 6.07) is 3.78. The van der Waals surface area contributed by atoms with Crippen LogP contribution < -0.4 is 4.73 Å². The molecule has 0 aromatic carbocycles. The lowest BCUT2D eigenvalue weighted by molar-refractivity contribution is -0.610. The molecule has 0 atom stereocenters. The fourth-order valence-electron chi connectivity index (χ4n) is 1.25. The minimum absolute atomic E-state index is 0.642. The van der Waals surface area contributed by atoms with E-state index in [9.17, 15) is 5.21 Å². The van der Waals surface area contributed by atoms with Crippen molar-refractivity contribution in [1.82, 2.24) is 0 Å². The average Bonchev–Trinajstić information content (AvgIpc) is 2.55. The van der Waals surface area contributed by atoms with Crippen molar-refractivity contribution in [3.63, 3.8) is 0 Å². The normalized spacial score (nSPS) is 10.2. The molecule has 0 unspecified atom stereocenters. The summed E-state index contributed by atoms with van der Waals surface area (Å²) in [5, 5.41) is 22.6. The van der Waals surface area contributed by atoms with Gasteiger partial charge in [0, 0.05) is 23.8 Å². The van der Waals surface area contributed by atoms with Gasteiger partial charge in [-0.3, -0.25) is 0 Å². The summed E-state index contributed by atoms with van der Waals surface area (Å²) in [7, 11) is 0. The topological polar surface area (TPSA) is 50.7 Å². The van der Waals surface area contributed by atoms with Gasteiger partial charge in [0.2, 0.25) is 5.69 Å². The minimum atomic E-state index is 0.642. The van der Waals surface area contributed by atoms with Crippen LogP contribution in [0.2, 0.25) is 0 Å². The molecule has 2 aromatic rings. The summed E-state index contributed by atoms with van der Waals surface area (Å²) in [5.74, 6) is 0. The molecule has 0 fully saturated rings. The van der Waals surface area contributed by atoms with Crippen molar-refractivity contribution in [1.29, 1.82) is 5.26 Å². The lowest BCUT2D eigenvalue weighted by atomic mass is 10.2. The zero-order chi connectivity index (χ0) is 9.42. The Balaban J connectivity index is 2.91. The van der Waals surface area contributed by atoms with Crippen LogP contribution in [0.3, 0.4) is 0 Å². The van der Waals surface area contributed by atoms with Gasteiger partial charge in [-0.1, -0.05) is 0 Å². The van der Waals surface area contributed by atoms with Crippen LogP contribution in [-0.4, -0.2) is 0 Å². The molecule has 0 aliphatic heterocycles. The smallest absolute Gasteiger partial charge is 0.207 e. The third-order valence-corrected chi connectivity index (χ3v) is 3.09. The van der Waals surface area contributed by atoms with Crippen LogP contribution in [0.15, 0.2) is 17.6 Å². The predicted molar refractivity (Wildman–Crippen MR) is 50.2 cm³/mol. The molecule has 0 amide bonds. The summed E-state index contributed by atoms with van der Waals surface area (Å²) in [5.41, 5.74) is 1.30. The molecule has 0 saturated heterocycles. The Labute approximate surface area is 79.1 Å². The SMILES string of the molecule is Cc1c2scc(C#N)c2cc[n+]1[O-]. The molecular formula is C9H6N2OS. The Morgan fingerprint density at radius 2 is 2.38 bits per heavy atom. The molecule has 2 aromatic heterocycles. The molecule has 0 spiro atoms. The number of fused-ring (bicyclic) bond motifs is 1. The van der Waals surface area contributed by atoms with Crippen molar-refractivity contribution in [3.05, 3.63) is 34.1 Å². The standard InChI is InChI=1S/C9H6N2OS/c1-6-9-8(2-3-11(6)12)7(4-10)5-13-9/h2-3,5H,1H3. The van der Waals surface area contributed by atoms with Gasteiger partial charge in [0.15, 0.2) is 6.20 Å². The molecule has 4 heteroatoms. The van der Waals surface area contributed by atoms with Gasteiger partial charge in [0.1, 0.15) is 10.8 Å². The van der Waals surface area contributed by atoms with E-state index in [1.165, 1.54) is 17.5 Å². The lowest BCUT2D eigenvalue weighted by Crippen LogP contribution is -2.28. The van der Waals surface area contributed by atoms with Crippen LogP contribution in [0, 0.1) is 23.5 Å². The molecule has 0 aliphatic carbocycles. The second kappa shape index (κ2) is 2.71. The Bertz CT molecular complexity index is 510. The highest BCUT2D eigenvalue weighted by Crippen LogP contribution is 2.25. The highest BCUT2D eigenvalue weighted by atomic mass is 32.1. The first-order chi connectivity index (χ1) is 6.24. The van der Waals surface area contributed by atoms with Gasteiger partial charge in [-0.15, -0.1) is 11.3 Å². The highest BCUT2D eigenvalue weighted by molar-refractivity contribution is 7.17. The van der Waals surface area contributed by atoms with Crippen molar-refractivity contribution in [2.45, 2.75) is 6.92 Å². The summed E-state index contributed by atoms with van der Waals surface area (Å²) >= 11 is 1.44. The van der Waals surface area contributed by atoms with Crippen molar-refractivity contribution >= 4 is 21.4 Å². The predicted octanol–water partition coefficient (Wildman–Crippen LogP) is 1.71. The van der Waals surface area contributed by atoms with E-state index < -0.39 is 0 Å². The molecule has 0 saturated carbocycles. The monoisotopic (exact) mass is 190 g/mol. The lowest BCUT2D eigenvalue weighted by Gasteiger charge is -1.99. The molecule has 64 valence electrons. The van der Waals surface area contributed by atoms with Gasteiger partial charge in [-0.05, 0) is 0 Å². The third kappa shape index (κ3) is 1.05. The van der Waals surface area contributed by atoms with E-state index in [0.29, 0.717) is 11.3 Å². The summed E-state index contributed by atoms with van der Waals surface area (Å²) in [6.07, 6.45) is 1.44. The molecule has 0 bridgehead atoms. The Morgan fingerprint density at radius 3 is 3.08 bits per heavy atom. The molecule has 13 heavy (non-hydrogen) atoms. The molecule has 2 heterocycles. The Hall–Kier alpha value is -1.60. The maximum atomic E-state index is 11.2. The zero-order valence-corrected chi connectivity index (χ0v) is 7.76. The number of rotatable bonds is 0. The number of hydrogen-bond acceptors (Lipinski definition) is 3. The fraction of sp³-hybridized carbons (Fsp3) is 0.111. The zero-order valence-electron chi connectivity index (χ0n) is 6.94. The van der Waals surface area contributed by atoms with E-state index in [1.54, 1.807) is 18.4 Å². The van der Waals surface area contributed by atoms with Crippen LogP contribution in [0.5, 0.6) is 0 Å². The van der Waals surface area contributed by atoms with Crippen LogP contribution in [0.25, 0.3) is 10.1 Å². The molecule has 3 nitrogen and oxygen atoms in total. The number of pyridine rings is 1. The fourth-order valence-corrected chi connectivity index (χ4v) is 2.23. The van der Waals surface area contributed by atoms with Crippen LogP contribution >= 0.6 is 11.3 Å². The number of nitrogens with zero attached hydrogens (tertiary/aromatic N) is 2. The van der Waals surface area contributed by atoms with Crippen molar-refractivity contribution < 1.29 is 4.73 Å². The van der Waals surface area contributed by atoms with E-state index in [2.05, 4.69) is 6.07 Å². The van der Waals surface area contributed by atoms with Crippen LogP contribution in [0.1, 0.15) is 11.3 Å². The van der Waals surface area contributed by atoms with Gasteiger partial charge in [0.25, 0.3) is 0 Å². The van der Waals surface area contributed by atoms with Gasteiger partial charge in [-0.2, -0.15) is 9.99 Å². The van der Waals surface area contributed by atoms with Crippen molar-refractivity contribution in [2.75, 3.05) is 0 Å². The summed E-state index contributed by atoms with van der Waals surface area (Å²) in [6.45, 7) is 1.76. The first kappa shape index (κ1) is 8.02. The van der Waals surface area contributed by atoms with E-state index in [0.717, 1.165) is 14.8 Å². The average molecular weight is 190 g/mol. The molecule has 0 radical (unpaired) electrons. The van der Waals surface area contributed by atoms with E-state index in [4.69, 9.17) is 5.26 Å². The first-order valence-corrected chi connectivity index (χ1v) is 4.62. The first-order valence-electron chi connectivity index (χ1n) is 3.74. The molecule has 2 rings (SSSR count). The third-order valence-electron chi connectivity index (χ3n) is 1.99. The molecular weight excluding hydrogens is 184 g/mol. The summed E-state index contributed by atoms with van der Waals surface area (Å²) in [4.78, 5) is 0. The maximum Gasteiger partial charge on any atom is 0.207 e. The maximum absolute atomic E-state index is 11.2. The van der Waals surface area contributed by atoms with E-state index in [1.807, 2.05) is 0 Å². The minimum Gasteiger partial charge on any atom is -0.618 e. The molecule has 0 N–H and O–H groups in total. The molecule has 0 aliphatic rings. The highest BCUT2D eigenvalue weighted by Gasteiger charge is 2.10. The number of aryl methyl sites for hydroxylation is 1. The Kier molecular flexibility index (Phi) is 1.67. The largest absolute Gasteiger partial charge is 0.618 e. The van der Waals surface area contributed by atoms with E-state index in [-0.39, 0.29) is 0 Å². The number of thiophene rings is 1. The second-order valence-electron chi connectivity index (χ2n) is 2.73. The van der Waals surface area contributed by atoms with Gasteiger partial charge in [-0.25, -0.2) is 0 Å².